The van der Waals surface area contributed by atoms with Gasteiger partial charge < -0.3 is 10.1 Å². The number of ether oxygens (including phenoxy) is 1. The van der Waals surface area contributed by atoms with E-state index in [1.165, 1.54) is 12.0 Å². The van der Waals surface area contributed by atoms with Crippen LogP contribution in [0.4, 0.5) is 4.79 Å². The molecule has 0 radical (unpaired) electrons. The SMILES string of the molecule is COC(=O)C1=C(C)N(C2CCS(=O)(=O)C2)C(=O)NC1c1ccc(Br)cc1. The van der Waals surface area contributed by atoms with Gasteiger partial charge in [-0.05, 0) is 31.0 Å². The van der Waals surface area contributed by atoms with Crippen molar-refractivity contribution in [1.29, 1.82) is 0 Å². The first-order valence-electron chi connectivity index (χ1n) is 8.08. The monoisotopic (exact) mass is 442 g/mol. The first kappa shape index (κ1) is 18.9. The van der Waals surface area contributed by atoms with Gasteiger partial charge >= 0.3 is 12.0 Å². The summed E-state index contributed by atoms with van der Waals surface area (Å²) in [6.07, 6.45) is 0.352. The fraction of sp³-hybridized carbons (Fsp3) is 0.412. The quantitative estimate of drug-likeness (QED) is 0.723. The van der Waals surface area contributed by atoms with Gasteiger partial charge in [0.2, 0.25) is 0 Å². The van der Waals surface area contributed by atoms with E-state index in [-0.39, 0.29) is 11.5 Å². The second-order valence-electron chi connectivity index (χ2n) is 6.35. The maximum absolute atomic E-state index is 12.7. The summed E-state index contributed by atoms with van der Waals surface area (Å²) in [7, 11) is -1.89. The Morgan fingerprint density at radius 1 is 1.31 bits per heavy atom. The molecule has 2 unspecified atom stereocenters. The molecule has 1 aromatic rings. The zero-order valence-electron chi connectivity index (χ0n) is 14.4. The Kier molecular flexibility index (Phi) is 5.12. The van der Waals surface area contributed by atoms with Crippen LogP contribution in [0.1, 0.15) is 24.9 Å². The summed E-state index contributed by atoms with van der Waals surface area (Å²) in [6.45, 7) is 1.65. The topological polar surface area (TPSA) is 92.8 Å². The molecule has 3 rings (SSSR count). The maximum Gasteiger partial charge on any atom is 0.337 e. The maximum atomic E-state index is 12.7. The van der Waals surface area contributed by atoms with Crippen LogP contribution in [0.3, 0.4) is 0 Å². The molecular weight excluding hydrogens is 424 g/mol. The molecule has 0 aromatic heterocycles. The van der Waals surface area contributed by atoms with Gasteiger partial charge in [-0.2, -0.15) is 0 Å². The number of benzene rings is 1. The molecule has 1 aromatic carbocycles. The van der Waals surface area contributed by atoms with Crippen molar-refractivity contribution in [1.82, 2.24) is 10.2 Å². The van der Waals surface area contributed by atoms with Crippen LogP contribution >= 0.6 is 15.9 Å². The minimum absolute atomic E-state index is 0.0401. The van der Waals surface area contributed by atoms with E-state index in [9.17, 15) is 18.0 Å². The van der Waals surface area contributed by atoms with Crippen LogP contribution < -0.4 is 5.32 Å². The van der Waals surface area contributed by atoms with Crippen molar-refractivity contribution in [2.24, 2.45) is 0 Å². The average molecular weight is 443 g/mol. The van der Waals surface area contributed by atoms with Gasteiger partial charge in [0.05, 0.1) is 36.3 Å². The van der Waals surface area contributed by atoms with Crippen LogP contribution in [0.2, 0.25) is 0 Å². The van der Waals surface area contributed by atoms with E-state index in [1.807, 2.05) is 12.1 Å². The Hall–Kier alpha value is -1.87. The minimum atomic E-state index is -3.17. The van der Waals surface area contributed by atoms with Crippen molar-refractivity contribution in [3.63, 3.8) is 0 Å². The van der Waals surface area contributed by atoms with Crippen molar-refractivity contribution < 1.29 is 22.7 Å². The van der Waals surface area contributed by atoms with Crippen molar-refractivity contribution in [2.75, 3.05) is 18.6 Å². The average Bonchev–Trinajstić information content (AvgIpc) is 2.94. The molecule has 0 bridgehead atoms. The normalized spacial score (nSPS) is 25.2. The van der Waals surface area contributed by atoms with Gasteiger partial charge in [0.15, 0.2) is 9.84 Å². The molecule has 1 fully saturated rings. The zero-order valence-corrected chi connectivity index (χ0v) is 16.8. The van der Waals surface area contributed by atoms with E-state index >= 15 is 0 Å². The molecule has 2 aliphatic heterocycles. The molecule has 0 saturated carbocycles. The highest BCUT2D eigenvalue weighted by Crippen LogP contribution is 2.34. The lowest BCUT2D eigenvalue weighted by atomic mass is 9.94. The van der Waals surface area contributed by atoms with Gasteiger partial charge in [0.25, 0.3) is 0 Å². The van der Waals surface area contributed by atoms with Gasteiger partial charge in [-0.25, -0.2) is 18.0 Å². The van der Waals surface area contributed by atoms with E-state index in [0.29, 0.717) is 17.7 Å². The summed E-state index contributed by atoms with van der Waals surface area (Å²) < 4.78 is 29.4. The number of rotatable bonds is 3. The lowest BCUT2D eigenvalue weighted by molar-refractivity contribution is -0.136. The number of carbonyl (C=O) groups excluding carboxylic acids is 2. The molecule has 2 heterocycles. The number of esters is 1. The summed E-state index contributed by atoms with van der Waals surface area (Å²) in [5.74, 6) is -0.616. The molecule has 9 heteroatoms. The van der Waals surface area contributed by atoms with Crippen LogP contribution in [0.5, 0.6) is 0 Å². The fourth-order valence-corrected chi connectivity index (χ4v) is 5.42. The molecule has 1 N–H and O–H groups in total. The number of sulfone groups is 1. The Morgan fingerprint density at radius 3 is 2.50 bits per heavy atom. The largest absolute Gasteiger partial charge is 0.466 e. The second-order valence-corrected chi connectivity index (χ2v) is 9.50. The summed E-state index contributed by atoms with van der Waals surface area (Å²) in [5.41, 5.74) is 1.47. The lowest BCUT2D eigenvalue weighted by Gasteiger charge is -2.38. The first-order chi connectivity index (χ1) is 12.2. The van der Waals surface area contributed by atoms with E-state index in [0.717, 1.165) is 10.0 Å². The van der Waals surface area contributed by atoms with Crippen LogP contribution in [0.25, 0.3) is 0 Å². The fourth-order valence-electron chi connectivity index (χ4n) is 3.46. The lowest BCUT2D eigenvalue weighted by Crippen LogP contribution is -2.52. The summed E-state index contributed by atoms with van der Waals surface area (Å²) in [6, 6.07) is 5.71. The molecule has 2 atom stereocenters. The number of nitrogens with one attached hydrogen (secondary N) is 1. The van der Waals surface area contributed by atoms with Gasteiger partial charge in [0.1, 0.15) is 0 Å². The van der Waals surface area contributed by atoms with Crippen LogP contribution in [-0.2, 0) is 19.4 Å². The number of allylic oxidation sites excluding steroid dienone is 1. The summed E-state index contributed by atoms with van der Waals surface area (Å²) in [5, 5.41) is 2.82. The molecule has 140 valence electrons. The molecular formula is C17H19BrN2O5S. The molecule has 0 spiro atoms. The van der Waals surface area contributed by atoms with Crippen LogP contribution in [-0.4, -0.2) is 50.0 Å². The highest BCUT2D eigenvalue weighted by atomic mass is 79.9. The second kappa shape index (κ2) is 7.03. The number of halogens is 1. The zero-order chi connectivity index (χ0) is 19.1. The Morgan fingerprint density at radius 2 is 1.96 bits per heavy atom. The first-order valence-corrected chi connectivity index (χ1v) is 10.7. The minimum Gasteiger partial charge on any atom is -0.466 e. The molecule has 26 heavy (non-hydrogen) atoms. The molecule has 0 aliphatic carbocycles. The number of urea groups is 1. The van der Waals surface area contributed by atoms with E-state index in [1.54, 1.807) is 19.1 Å². The highest BCUT2D eigenvalue weighted by molar-refractivity contribution is 9.10. The van der Waals surface area contributed by atoms with E-state index < -0.39 is 33.9 Å². The highest BCUT2D eigenvalue weighted by Gasteiger charge is 2.42. The van der Waals surface area contributed by atoms with Crippen LogP contribution in [0, 0.1) is 0 Å². The van der Waals surface area contributed by atoms with E-state index in [2.05, 4.69) is 21.2 Å². The molecule has 7 nitrogen and oxygen atoms in total. The third-order valence-electron chi connectivity index (χ3n) is 4.71. The van der Waals surface area contributed by atoms with Gasteiger partial charge in [-0.3, -0.25) is 4.90 Å². The van der Waals surface area contributed by atoms with E-state index in [4.69, 9.17) is 4.74 Å². The Balaban J connectivity index is 2.05. The number of hydrogen-bond acceptors (Lipinski definition) is 5. The number of nitrogens with zero attached hydrogens (tertiary/aromatic N) is 1. The van der Waals surface area contributed by atoms with Crippen LogP contribution in [0.15, 0.2) is 40.0 Å². The number of hydrogen-bond donors (Lipinski definition) is 1. The summed E-state index contributed by atoms with van der Waals surface area (Å²) >= 11 is 3.36. The third-order valence-corrected chi connectivity index (χ3v) is 6.99. The smallest absolute Gasteiger partial charge is 0.337 e. The number of amides is 2. The Bertz CT molecular complexity index is 879. The third kappa shape index (κ3) is 3.50. The van der Waals surface area contributed by atoms with Gasteiger partial charge in [-0.15, -0.1) is 0 Å². The van der Waals surface area contributed by atoms with Gasteiger partial charge in [0, 0.05) is 10.2 Å². The van der Waals surface area contributed by atoms with Crippen molar-refractivity contribution in [3.8, 4) is 0 Å². The van der Waals surface area contributed by atoms with Crippen molar-refractivity contribution >= 4 is 37.8 Å². The predicted octanol–water partition coefficient (Wildman–Crippen LogP) is 2.15. The van der Waals surface area contributed by atoms with Crippen molar-refractivity contribution in [3.05, 3.63) is 45.6 Å². The molecule has 1 saturated heterocycles. The predicted molar refractivity (Wildman–Crippen MR) is 99.0 cm³/mol. The summed E-state index contributed by atoms with van der Waals surface area (Å²) in [4.78, 5) is 26.6. The number of carbonyl (C=O) groups is 2. The molecule has 2 amide bonds. The number of methoxy groups -OCH3 is 1. The standard InChI is InChI=1S/C17H19BrN2O5S/c1-10-14(16(21)25-2)15(11-3-5-12(18)6-4-11)19-17(22)20(10)13-7-8-26(23,24)9-13/h3-6,13,15H,7-9H2,1-2H3,(H,19,22). The molecule has 2 aliphatic rings. The van der Waals surface area contributed by atoms with Crippen molar-refractivity contribution in [2.45, 2.75) is 25.4 Å². The Labute approximate surface area is 160 Å². The van der Waals surface area contributed by atoms with Gasteiger partial charge in [-0.1, -0.05) is 28.1 Å².